The summed E-state index contributed by atoms with van der Waals surface area (Å²) in [4.78, 5) is 51.3. The van der Waals surface area contributed by atoms with Crippen molar-refractivity contribution in [3.05, 3.63) is 132 Å². The highest BCUT2D eigenvalue weighted by Gasteiger charge is 2.36. The first kappa shape index (κ1) is 44.7. The molecule has 3 aromatic rings. The number of nitrogens with one attached hydrogen (secondary N) is 3. The number of hydrogen-bond acceptors (Lipinski definition) is 8. The predicted octanol–water partition coefficient (Wildman–Crippen LogP) is 5.68. The Kier molecular flexibility index (Phi) is 18.4. The molecule has 0 aliphatic heterocycles. The Bertz CT molecular complexity index is 1590. The first-order valence-electron chi connectivity index (χ1n) is 18.8. The molecular formula is C44H57N3O7S. The lowest BCUT2D eigenvalue weighted by Crippen LogP contribution is -2.57. The number of carbonyl (C=O) groups excluding carboxylic acids is 4. The number of rotatable bonds is 22. The summed E-state index contributed by atoms with van der Waals surface area (Å²) >= 11 is 1.81. The average Bonchev–Trinajstić information content (AvgIpc) is 3.17. The minimum absolute atomic E-state index is 0.0109. The molecule has 55 heavy (non-hydrogen) atoms. The van der Waals surface area contributed by atoms with E-state index in [1.165, 1.54) is 13.0 Å². The van der Waals surface area contributed by atoms with Crippen LogP contribution in [0, 0.1) is 11.8 Å². The molecule has 0 saturated carbocycles. The maximum atomic E-state index is 13.2. The third-order valence-corrected chi connectivity index (χ3v) is 10.7. The van der Waals surface area contributed by atoms with Crippen molar-refractivity contribution in [1.82, 2.24) is 16.0 Å². The zero-order valence-electron chi connectivity index (χ0n) is 32.5. The van der Waals surface area contributed by atoms with Gasteiger partial charge in [0.2, 0.25) is 17.7 Å². The first-order chi connectivity index (χ1) is 26.3. The van der Waals surface area contributed by atoms with Gasteiger partial charge in [-0.2, -0.15) is 0 Å². The third kappa shape index (κ3) is 13.5. The van der Waals surface area contributed by atoms with Gasteiger partial charge < -0.3 is 30.9 Å². The number of carbonyl (C=O) groups is 4. The molecule has 0 unspecified atom stereocenters. The molecule has 0 radical (unpaired) electrons. The van der Waals surface area contributed by atoms with E-state index in [4.69, 9.17) is 4.74 Å². The fourth-order valence-electron chi connectivity index (χ4n) is 6.20. The summed E-state index contributed by atoms with van der Waals surface area (Å²) in [5.41, 5.74) is 3.48. The Morgan fingerprint density at radius 3 is 1.75 bits per heavy atom. The van der Waals surface area contributed by atoms with Crippen LogP contribution in [0.3, 0.4) is 0 Å². The molecule has 0 aliphatic carbocycles. The van der Waals surface area contributed by atoms with Crippen LogP contribution in [-0.4, -0.2) is 76.6 Å². The molecule has 5 N–H and O–H groups in total. The second kappa shape index (κ2) is 22.6. The highest BCUT2D eigenvalue weighted by atomic mass is 32.2. The molecule has 3 aromatic carbocycles. The molecule has 5 atom stereocenters. The van der Waals surface area contributed by atoms with Gasteiger partial charge in [0, 0.05) is 0 Å². The van der Waals surface area contributed by atoms with E-state index in [0.717, 1.165) is 22.4 Å². The van der Waals surface area contributed by atoms with Crippen molar-refractivity contribution < 1.29 is 34.1 Å². The number of aliphatic hydroxyl groups excluding tert-OH is 2. The van der Waals surface area contributed by atoms with Gasteiger partial charge in [-0.15, -0.1) is 11.8 Å². The van der Waals surface area contributed by atoms with E-state index >= 15 is 0 Å². The topological polar surface area (TPSA) is 154 Å². The SMILES string of the molecule is C=CCOC(=O)C[C@H](O)[C@H](NC(=O)[C@@H](C)NC(=O)[C@H](NC(=O)C[C@H](O)C=CCCSC(c1ccccc1)(c1ccccc1)c1ccccc1)C(C)C)C(C)C. The Labute approximate surface area is 330 Å². The zero-order chi connectivity index (χ0) is 40.4. The average molecular weight is 772 g/mol. The van der Waals surface area contributed by atoms with E-state index in [2.05, 4.69) is 58.9 Å². The van der Waals surface area contributed by atoms with Gasteiger partial charge in [-0.3, -0.25) is 19.2 Å². The van der Waals surface area contributed by atoms with Crippen molar-refractivity contribution in [3.63, 3.8) is 0 Å². The number of esters is 1. The normalized spacial score (nSPS) is 14.4. The largest absolute Gasteiger partial charge is 0.461 e. The Balaban J connectivity index is 1.57. The lowest BCUT2D eigenvalue weighted by Gasteiger charge is -2.35. The van der Waals surface area contributed by atoms with Crippen LogP contribution in [0.2, 0.25) is 0 Å². The number of allylic oxidation sites excluding steroid dienone is 1. The van der Waals surface area contributed by atoms with E-state index < -0.39 is 58.8 Å². The van der Waals surface area contributed by atoms with Crippen LogP contribution >= 0.6 is 11.8 Å². The van der Waals surface area contributed by atoms with Gasteiger partial charge in [-0.25, -0.2) is 0 Å². The quantitative estimate of drug-likeness (QED) is 0.0379. The minimum Gasteiger partial charge on any atom is -0.461 e. The summed E-state index contributed by atoms with van der Waals surface area (Å²) < 4.78 is 4.48. The first-order valence-corrected chi connectivity index (χ1v) is 19.8. The fourth-order valence-corrected chi connectivity index (χ4v) is 7.67. The number of hydrogen-bond donors (Lipinski definition) is 5. The standard InChI is InChI=1S/C44H57N3O7S/c1-7-26-54-39(51)29-37(49)40(30(2)3)47-42(52)32(6)45-43(53)41(31(4)5)46-38(50)28-36(48)25-17-18-27-55-44(33-19-11-8-12-20-33,34-21-13-9-14-22-34)35-23-15-10-16-24-35/h7-17,19-25,30-32,36-37,40-41,48-49H,1,18,26-29H2,2-6H3,(H,45,53)(H,46,50)(H,47,52)/t32-,36-,37+,40-,41-/m1/s1. The van der Waals surface area contributed by atoms with E-state index in [-0.39, 0.29) is 31.3 Å². The van der Waals surface area contributed by atoms with Crippen molar-refractivity contribution in [3.8, 4) is 0 Å². The molecule has 0 aromatic heterocycles. The molecule has 10 nitrogen and oxygen atoms in total. The second-order valence-corrected chi connectivity index (χ2v) is 15.5. The maximum absolute atomic E-state index is 13.2. The minimum atomic E-state index is -1.21. The molecule has 11 heteroatoms. The molecule has 0 fully saturated rings. The molecule has 296 valence electrons. The highest BCUT2D eigenvalue weighted by Crippen LogP contribution is 2.48. The van der Waals surface area contributed by atoms with Crippen molar-refractivity contribution in [1.29, 1.82) is 0 Å². The van der Waals surface area contributed by atoms with Crippen LogP contribution in [-0.2, 0) is 28.7 Å². The number of thioether (sulfide) groups is 1. The van der Waals surface area contributed by atoms with Crippen LogP contribution in [0.5, 0.6) is 0 Å². The van der Waals surface area contributed by atoms with Gasteiger partial charge in [-0.1, -0.05) is 143 Å². The van der Waals surface area contributed by atoms with Gasteiger partial charge in [0.1, 0.15) is 18.7 Å². The molecule has 3 amide bonds. The lowest BCUT2D eigenvalue weighted by atomic mass is 9.84. The molecule has 0 heterocycles. The Morgan fingerprint density at radius 2 is 1.27 bits per heavy atom. The summed E-state index contributed by atoms with van der Waals surface area (Å²) in [6.45, 7) is 12.1. The van der Waals surface area contributed by atoms with E-state index in [9.17, 15) is 29.4 Å². The van der Waals surface area contributed by atoms with Crippen LogP contribution in [0.1, 0.15) is 70.6 Å². The van der Waals surface area contributed by atoms with Crippen molar-refractivity contribution >= 4 is 35.5 Å². The van der Waals surface area contributed by atoms with Crippen LogP contribution in [0.25, 0.3) is 0 Å². The molecule has 0 spiro atoms. The van der Waals surface area contributed by atoms with Crippen molar-refractivity contribution in [2.45, 2.75) is 89.0 Å². The molecule has 3 rings (SSSR count). The second-order valence-electron chi connectivity index (χ2n) is 14.2. The number of amides is 3. The van der Waals surface area contributed by atoms with Gasteiger partial charge >= 0.3 is 5.97 Å². The van der Waals surface area contributed by atoms with Crippen LogP contribution in [0.4, 0.5) is 0 Å². The smallest absolute Gasteiger partial charge is 0.308 e. The summed E-state index contributed by atoms with van der Waals surface area (Å²) in [6, 6.07) is 28.5. The number of benzene rings is 3. The van der Waals surface area contributed by atoms with Crippen molar-refractivity contribution in [2.75, 3.05) is 12.4 Å². The van der Waals surface area contributed by atoms with Gasteiger partial charge in [0.15, 0.2) is 0 Å². The molecular weight excluding hydrogens is 715 g/mol. The van der Waals surface area contributed by atoms with Crippen LogP contribution < -0.4 is 16.0 Å². The van der Waals surface area contributed by atoms with E-state index in [1.807, 2.05) is 60.7 Å². The number of aliphatic hydroxyl groups is 2. The maximum Gasteiger partial charge on any atom is 0.308 e. The molecule has 0 aliphatic rings. The summed E-state index contributed by atoms with van der Waals surface area (Å²) in [5.74, 6) is -2.10. The van der Waals surface area contributed by atoms with Crippen molar-refractivity contribution in [2.24, 2.45) is 11.8 Å². The van der Waals surface area contributed by atoms with Gasteiger partial charge in [0.05, 0.1) is 35.8 Å². The Hall–Kier alpha value is -4.71. The van der Waals surface area contributed by atoms with Crippen LogP contribution in [0.15, 0.2) is 116 Å². The Morgan fingerprint density at radius 1 is 0.745 bits per heavy atom. The van der Waals surface area contributed by atoms with E-state index in [1.54, 1.807) is 45.5 Å². The fraction of sp³-hybridized carbons (Fsp3) is 0.409. The highest BCUT2D eigenvalue weighted by molar-refractivity contribution is 8.00. The summed E-state index contributed by atoms with van der Waals surface area (Å²) in [5, 5.41) is 29.4. The van der Waals surface area contributed by atoms with Gasteiger partial charge in [-0.05, 0) is 47.6 Å². The molecule has 0 bridgehead atoms. The monoisotopic (exact) mass is 771 g/mol. The zero-order valence-corrected chi connectivity index (χ0v) is 33.3. The van der Waals surface area contributed by atoms with E-state index in [0.29, 0.717) is 6.42 Å². The molecule has 0 saturated heterocycles. The summed E-state index contributed by atoms with van der Waals surface area (Å²) in [7, 11) is 0. The third-order valence-electron chi connectivity index (χ3n) is 9.09. The number of ether oxygens (including phenoxy) is 1. The summed E-state index contributed by atoms with van der Waals surface area (Å²) in [6.07, 6.45) is 2.68. The van der Waals surface area contributed by atoms with Gasteiger partial charge in [0.25, 0.3) is 0 Å². The lowest BCUT2D eigenvalue weighted by molar-refractivity contribution is -0.145. The predicted molar refractivity (Wildman–Crippen MR) is 219 cm³/mol.